The second kappa shape index (κ2) is 2.64. The van der Waals surface area contributed by atoms with E-state index in [2.05, 4.69) is 0 Å². The number of allylic oxidation sites excluding steroid dienone is 2. The lowest BCUT2D eigenvalue weighted by Crippen LogP contribution is -2.46. The Bertz CT molecular complexity index is 266. The highest BCUT2D eigenvalue weighted by Gasteiger charge is 2.45. The summed E-state index contributed by atoms with van der Waals surface area (Å²) in [6.45, 7) is 1.52. The largest absolute Gasteiger partial charge is 0.509 e. The average molecular weight is 170 g/mol. The van der Waals surface area contributed by atoms with Gasteiger partial charge in [-0.1, -0.05) is 19.1 Å². The summed E-state index contributed by atoms with van der Waals surface area (Å²) < 4.78 is 0. The van der Waals surface area contributed by atoms with Crippen molar-refractivity contribution < 1.29 is 20.1 Å². The number of hydrogen-bond acceptors (Lipinski definition) is 3. The molecule has 66 valence electrons. The molecular weight excluding hydrogens is 160 g/mol. The molecule has 0 fully saturated rings. The first kappa shape index (κ1) is 8.80. The molecule has 0 bridgehead atoms. The third-order valence-corrected chi connectivity index (χ3v) is 2.03. The number of carbonyl (C=O) groups is 1. The van der Waals surface area contributed by atoms with Crippen LogP contribution in [-0.4, -0.2) is 26.9 Å². The number of aliphatic hydroxyl groups is 2. The van der Waals surface area contributed by atoms with Gasteiger partial charge in [0.1, 0.15) is 5.76 Å². The first-order valence-corrected chi connectivity index (χ1v) is 3.53. The number of carboxylic acid groups (broad SMARTS) is 1. The third-order valence-electron chi connectivity index (χ3n) is 2.03. The van der Waals surface area contributed by atoms with Gasteiger partial charge < -0.3 is 15.3 Å². The fraction of sp³-hybridized carbons (Fsp3) is 0.375. The second-order valence-electron chi connectivity index (χ2n) is 2.80. The molecule has 1 aliphatic rings. The highest BCUT2D eigenvalue weighted by Crippen LogP contribution is 2.29. The standard InChI is InChI=1S/C8H10O4/c1-5-3-2-4-6(9)8(5,12)7(10)11/h2-5,9,12H,1H3,(H,10,11). The topological polar surface area (TPSA) is 77.8 Å². The summed E-state index contributed by atoms with van der Waals surface area (Å²) in [5, 5.41) is 27.3. The average Bonchev–Trinajstić information content (AvgIpc) is 1.99. The molecule has 4 nitrogen and oxygen atoms in total. The number of hydrogen-bond donors (Lipinski definition) is 3. The zero-order valence-corrected chi connectivity index (χ0v) is 6.56. The molecule has 0 amide bonds. The van der Waals surface area contributed by atoms with Crippen molar-refractivity contribution >= 4 is 5.97 Å². The van der Waals surface area contributed by atoms with Gasteiger partial charge in [-0.2, -0.15) is 0 Å². The fourth-order valence-electron chi connectivity index (χ4n) is 1.12. The fourth-order valence-corrected chi connectivity index (χ4v) is 1.12. The van der Waals surface area contributed by atoms with Crippen molar-refractivity contribution in [2.75, 3.05) is 0 Å². The Morgan fingerprint density at radius 2 is 2.25 bits per heavy atom. The van der Waals surface area contributed by atoms with Crippen molar-refractivity contribution in [1.29, 1.82) is 0 Å². The third kappa shape index (κ3) is 1.00. The van der Waals surface area contributed by atoms with Crippen LogP contribution in [0.25, 0.3) is 0 Å². The zero-order valence-electron chi connectivity index (χ0n) is 6.56. The van der Waals surface area contributed by atoms with Crippen LogP contribution in [0.4, 0.5) is 0 Å². The van der Waals surface area contributed by atoms with Gasteiger partial charge in [0, 0.05) is 5.92 Å². The molecule has 0 spiro atoms. The van der Waals surface area contributed by atoms with Crippen molar-refractivity contribution in [3.8, 4) is 0 Å². The molecule has 2 unspecified atom stereocenters. The van der Waals surface area contributed by atoms with Gasteiger partial charge in [0.2, 0.25) is 5.60 Å². The van der Waals surface area contributed by atoms with Crippen LogP contribution in [-0.2, 0) is 4.79 Å². The van der Waals surface area contributed by atoms with Gasteiger partial charge in [0.05, 0.1) is 0 Å². The monoisotopic (exact) mass is 170 g/mol. The van der Waals surface area contributed by atoms with E-state index in [0.717, 1.165) is 0 Å². The predicted octanol–water partition coefficient (Wildman–Crippen LogP) is 0.450. The molecule has 12 heavy (non-hydrogen) atoms. The Morgan fingerprint density at radius 1 is 1.67 bits per heavy atom. The lowest BCUT2D eigenvalue weighted by Gasteiger charge is -2.29. The van der Waals surface area contributed by atoms with E-state index < -0.39 is 23.2 Å². The Labute approximate surface area is 69.5 Å². The molecule has 0 saturated carbocycles. The van der Waals surface area contributed by atoms with E-state index >= 15 is 0 Å². The normalized spacial score (nSPS) is 34.5. The minimum atomic E-state index is -2.16. The molecule has 0 heterocycles. The van der Waals surface area contributed by atoms with Crippen LogP contribution in [0, 0.1) is 5.92 Å². The molecule has 0 saturated heterocycles. The number of aliphatic carboxylic acids is 1. The van der Waals surface area contributed by atoms with Gasteiger partial charge in [-0.15, -0.1) is 0 Å². The predicted molar refractivity (Wildman–Crippen MR) is 41.6 cm³/mol. The summed E-state index contributed by atoms with van der Waals surface area (Å²) in [7, 11) is 0. The number of rotatable bonds is 1. The summed E-state index contributed by atoms with van der Waals surface area (Å²) >= 11 is 0. The number of aliphatic hydroxyl groups excluding tert-OH is 1. The van der Waals surface area contributed by atoms with Crippen LogP contribution >= 0.6 is 0 Å². The van der Waals surface area contributed by atoms with Crippen molar-refractivity contribution in [1.82, 2.24) is 0 Å². The summed E-state index contributed by atoms with van der Waals surface area (Å²) in [4.78, 5) is 10.6. The van der Waals surface area contributed by atoms with Crippen LogP contribution in [0.3, 0.4) is 0 Å². The molecule has 0 aliphatic heterocycles. The molecule has 2 atom stereocenters. The molecule has 4 heteroatoms. The van der Waals surface area contributed by atoms with Crippen molar-refractivity contribution in [3.05, 3.63) is 24.0 Å². The van der Waals surface area contributed by atoms with Crippen LogP contribution in [0.1, 0.15) is 6.92 Å². The first-order chi connectivity index (χ1) is 5.49. The molecule has 0 aromatic carbocycles. The summed E-state index contributed by atoms with van der Waals surface area (Å²) in [5.74, 6) is -2.59. The SMILES string of the molecule is CC1C=CC=C(O)C1(O)C(=O)O. The van der Waals surface area contributed by atoms with Gasteiger partial charge in [0.15, 0.2) is 0 Å². The Hall–Kier alpha value is -1.29. The molecule has 1 rings (SSSR count). The van der Waals surface area contributed by atoms with E-state index in [0.29, 0.717) is 0 Å². The van der Waals surface area contributed by atoms with E-state index in [4.69, 9.17) is 10.2 Å². The summed E-state index contributed by atoms with van der Waals surface area (Å²) in [5.41, 5.74) is -2.16. The van der Waals surface area contributed by atoms with Crippen LogP contribution < -0.4 is 0 Å². The quantitative estimate of drug-likeness (QED) is 0.534. The smallest absolute Gasteiger partial charge is 0.344 e. The lowest BCUT2D eigenvalue weighted by atomic mass is 9.83. The molecule has 0 radical (unpaired) electrons. The molecule has 0 aromatic rings. The van der Waals surface area contributed by atoms with Gasteiger partial charge in [-0.05, 0) is 6.08 Å². The van der Waals surface area contributed by atoms with Gasteiger partial charge in [-0.3, -0.25) is 0 Å². The van der Waals surface area contributed by atoms with Crippen molar-refractivity contribution in [3.63, 3.8) is 0 Å². The maximum atomic E-state index is 10.6. The van der Waals surface area contributed by atoms with Crippen LogP contribution in [0.2, 0.25) is 0 Å². The maximum absolute atomic E-state index is 10.6. The summed E-state index contributed by atoms with van der Waals surface area (Å²) in [6.07, 6.45) is 4.21. The number of carboxylic acids is 1. The Balaban J connectivity index is 3.10. The van der Waals surface area contributed by atoms with Crippen LogP contribution in [0.5, 0.6) is 0 Å². The Kier molecular flexibility index (Phi) is 1.94. The van der Waals surface area contributed by atoms with E-state index in [1.807, 2.05) is 0 Å². The lowest BCUT2D eigenvalue weighted by molar-refractivity contribution is -0.160. The highest BCUT2D eigenvalue weighted by atomic mass is 16.4. The molecule has 0 aromatic heterocycles. The summed E-state index contributed by atoms with van der Waals surface area (Å²) in [6, 6.07) is 0. The van der Waals surface area contributed by atoms with Gasteiger partial charge in [0.25, 0.3) is 0 Å². The van der Waals surface area contributed by atoms with E-state index in [1.165, 1.54) is 25.2 Å². The van der Waals surface area contributed by atoms with Gasteiger partial charge in [-0.25, -0.2) is 4.79 Å². The van der Waals surface area contributed by atoms with E-state index in [1.54, 1.807) is 0 Å². The van der Waals surface area contributed by atoms with Crippen molar-refractivity contribution in [2.45, 2.75) is 12.5 Å². The second-order valence-corrected chi connectivity index (χ2v) is 2.80. The first-order valence-electron chi connectivity index (χ1n) is 3.53. The molecular formula is C8H10O4. The highest BCUT2D eigenvalue weighted by molar-refractivity contribution is 5.82. The van der Waals surface area contributed by atoms with E-state index in [9.17, 15) is 9.90 Å². The molecule has 3 N–H and O–H groups in total. The Morgan fingerprint density at radius 3 is 2.58 bits per heavy atom. The minimum Gasteiger partial charge on any atom is -0.509 e. The molecule has 1 aliphatic carbocycles. The van der Waals surface area contributed by atoms with E-state index in [-0.39, 0.29) is 0 Å². The minimum absolute atomic E-state index is 0.523. The zero-order chi connectivity index (χ0) is 9.35. The van der Waals surface area contributed by atoms with Crippen LogP contribution in [0.15, 0.2) is 24.0 Å². The van der Waals surface area contributed by atoms with Crippen molar-refractivity contribution in [2.24, 2.45) is 5.92 Å². The van der Waals surface area contributed by atoms with Gasteiger partial charge >= 0.3 is 5.97 Å². The maximum Gasteiger partial charge on any atom is 0.344 e.